The molecule has 1 aromatic heterocycles. The van der Waals surface area contributed by atoms with E-state index in [-0.39, 0.29) is 10.5 Å². The number of carbonyl (C=O) groups is 1. The van der Waals surface area contributed by atoms with Gasteiger partial charge in [0, 0.05) is 24.4 Å². The van der Waals surface area contributed by atoms with Crippen molar-refractivity contribution in [2.75, 3.05) is 24.2 Å². The van der Waals surface area contributed by atoms with Crippen LogP contribution in [0.5, 0.6) is 0 Å². The summed E-state index contributed by atoms with van der Waals surface area (Å²) >= 11 is 2.91. The number of rotatable bonds is 7. The van der Waals surface area contributed by atoms with Gasteiger partial charge in [-0.2, -0.15) is 4.31 Å². The summed E-state index contributed by atoms with van der Waals surface area (Å²) in [6.07, 6.45) is 2.77. The standard InChI is InChI=1S/C17H22N4O3S3/c1-3-10-25-17-20-19-16(26-17)18-15(22)13-7-6-12(2)14(11-13)27(23,24)21-8-4-5-9-21/h6-7,11H,3-5,8-10H2,1-2H3,(H,18,19,22). The molecule has 2 heterocycles. The fourth-order valence-corrected chi connectivity index (χ4v) is 6.20. The molecule has 1 saturated heterocycles. The van der Waals surface area contributed by atoms with E-state index < -0.39 is 15.9 Å². The van der Waals surface area contributed by atoms with Gasteiger partial charge in [-0.15, -0.1) is 10.2 Å². The van der Waals surface area contributed by atoms with Crippen LogP contribution in [0, 0.1) is 6.92 Å². The number of hydrogen-bond acceptors (Lipinski definition) is 7. The average molecular weight is 427 g/mol. The van der Waals surface area contributed by atoms with Crippen LogP contribution < -0.4 is 5.32 Å². The minimum atomic E-state index is -3.58. The summed E-state index contributed by atoms with van der Waals surface area (Å²) < 4.78 is 28.0. The second kappa shape index (κ2) is 8.68. The summed E-state index contributed by atoms with van der Waals surface area (Å²) in [5, 5.41) is 11.1. The number of aryl methyl sites for hydroxylation is 1. The lowest BCUT2D eigenvalue weighted by molar-refractivity contribution is 0.102. The van der Waals surface area contributed by atoms with Crippen LogP contribution in [0.3, 0.4) is 0 Å². The molecule has 146 valence electrons. The first-order valence-corrected chi connectivity index (χ1v) is 12.0. The van der Waals surface area contributed by atoms with Crippen molar-refractivity contribution in [3.05, 3.63) is 29.3 Å². The van der Waals surface area contributed by atoms with Crippen molar-refractivity contribution in [1.29, 1.82) is 0 Å². The van der Waals surface area contributed by atoms with E-state index in [1.807, 2.05) is 0 Å². The number of anilines is 1. The minimum absolute atomic E-state index is 0.188. The molecular weight excluding hydrogens is 404 g/mol. The number of nitrogens with one attached hydrogen (secondary N) is 1. The van der Waals surface area contributed by atoms with Crippen molar-refractivity contribution in [3.8, 4) is 0 Å². The molecule has 0 radical (unpaired) electrons. The fraction of sp³-hybridized carbons (Fsp3) is 0.471. The van der Waals surface area contributed by atoms with E-state index in [9.17, 15) is 13.2 Å². The maximum absolute atomic E-state index is 12.9. The Labute approximate surface area is 167 Å². The van der Waals surface area contributed by atoms with Crippen molar-refractivity contribution in [2.45, 2.75) is 42.3 Å². The van der Waals surface area contributed by atoms with Crippen LogP contribution in [0.25, 0.3) is 0 Å². The Morgan fingerprint density at radius 3 is 2.74 bits per heavy atom. The van der Waals surface area contributed by atoms with Crippen molar-refractivity contribution in [2.24, 2.45) is 0 Å². The molecule has 1 aliphatic heterocycles. The van der Waals surface area contributed by atoms with Crippen molar-refractivity contribution in [3.63, 3.8) is 0 Å². The molecule has 2 aromatic rings. The fourth-order valence-electron chi connectivity index (χ4n) is 2.76. The molecule has 1 fully saturated rings. The van der Waals surface area contributed by atoms with Gasteiger partial charge in [0.15, 0.2) is 4.34 Å². The second-order valence-electron chi connectivity index (χ2n) is 6.27. The highest BCUT2D eigenvalue weighted by atomic mass is 32.2. The van der Waals surface area contributed by atoms with Crippen LogP contribution in [-0.2, 0) is 10.0 Å². The third-order valence-electron chi connectivity index (χ3n) is 4.19. The molecule has 0 spiro atoms. The van der Waals surface area contributed by atoms with E-state index in [1.54, 1.807) is 30.8 Å². The van der Waals surface area contributed by atoms with Crippen molar-refractivity contribution < 1.29 is 13.2 Å². The molecule has 0 bridgehead atoms. The summed E-state index contributed by atoms with van der Waals surface area (Å²) in [4.78, 5) is 12.8. The number of benzene rings is 1. The van der Waals surface area contributed by atoms with Gasteiger partial charge < -0.3 is 0 Å². The Morgan fingerprint density at radius 2 is 2.04 bits per heavy atom. The van der Waals surface area contributed by atoms with Crippen molar-refractivity contribution >= 4 is 44.2 Å². The number of amides is 1. The van der Waals surface area contributed by atoms with E-state index in [0.717, 1.165) is 29.4 Å². The number of sulfonamides is 1. The van der Waals surface area contributed by atoms with Crippen LogP contribution in [-0.4, -0.2) is 47.7 Å². The van der Waals surface area contributed by atoms with E-state index in [0.29, 0.717) is 23.8 Å². The third-order valence-corrected chi connectivity index (χ3v) is 8.41. The maximum Gasteiger partial charge on any atom is 0.257 e. The number of thioether (sulfide) groups is 1. The lowest BCUT2D eigenvalue weighted by Crippen LogP contribution is -2.28. The summed E-state index contributed by atoms with van der Waals surface area (Å²) in [5.74, 6) is 0.550. The van der Waals surface area contributed by atoms with Crippen LogP contribution in [0.4, 0.5) is 5.13 Å². The zero-order chi connectivity index (χ0) is 19.4. The smallest absolute Gasteiger partial charge is 0.257 e. The monoisotopic (exact) mass is 426 g/mol. The molecule has 1 aromatic carbocycles. The molecule has 7 nitrogen and oxygen atoms in total. The number of carbonyl (C=O) groups excluding carboxylic acids is 1. The Balaban J connectivity index is 1.78. The van der Waals surface area contributed by atoms with Gasteiger partial charge >= 0.3 is 0 Å². The molecule has 1 N–H and O–H groups in total. The van der Waals surface area contributed by atoms with Gasteiger partial charge in [-0.25, -0.2) is 8.42 Å². The molecule has 27 heavy (non-hydrogen) atoms. The highest BCUT2D eigenvalue weighted by Gasteiger charge is 2.29. The molecule has 3 rings (SSSR count). The highest BCUT2D eigenvalue weighted by Crippen LogP contribution is 2.27. The third kappa shape index (κ3) is 4.68. The summed E-state index contributed by atoms with van der Waals surface area (Å²) in [7, 11) is -3.58. The maximum atomic E-state index is 12.9. The highest BCUT2D eigenvalue weighted by molar-refractivity contribution is 8.01. The van der Waals surface area contributed by atoms with E-state index in [4.69, 9.17) is 0 Å². The molecule has 1 aliphatic rings. The molecular formula is C17H22N4O3S3. The number of nitrogens with zero attached hydrogens (tertiary/aromatic N) is 3. The van der Waals surface area contributed by atoms with Crippen molar-refractivity contribution in [1.82, 2.24) is 14.5 Å². The first-order valence-electron chi connectivity index (χ1n) is 8.80. The second-order valence-corrected chi connectivity index (χ2v) is 10.5. The first-order chi connectivity index (χ1) is 12.9. The molecule has 0 aliphatic carbocycles. The minimum Gasteiger partial charge on any atom is -0.296 e. The van der Waals surface area contributed by atoms with Crippen LogP contribution >= 0.6 is 23.1 Å². The van der Waals surface area contributed by atoms with Gasteiger partial charge in [-0.1, -0.05) is 36.1 Å². The quantitative estimate of drug-likeness (QED) is 0.539. The van der Waals surface area contributed by atoms with Gasteiger partial charge in [0.1, 0.15) is 0 Å². The van der Waals surface area contributed by atoms with Gasteiger partial charge in [0.25, 0.3) is 5.91 Å². The zero-order valence-electron chi connectivity index (χ0n) is 15.3. The van der Waals surface area contributed by atoms with E-state index in [2.05, 4.69) is 22.4 Å². The topological polar surface area (TPSA) is 92.3 Å². The van der Waals surface area contributed by atoms with E-state index in [1.165, 1.54) is 21.7 Å². The summed E-state index contributed by atoms with van der Waals surface area (Å²) in [6, 6.07) is 4.74. The number of hydrogen-bond donors (Lipinski definition) is 1. The summed E-state index contributed by atoms with van der Waals surface area (Å²) in [6.45, 7) is 4.89. The predicted molar refractivity (Wildman–Crippen MR) is 108 cm³/mol. The molecule has 0 saturated carbocycles. The molecule has 1 amide bonds. The Kier molecular flexibility index (Phi) is 6.51. The average Bonchev–Trinajstić information content (AvgIpc) is 3.32. The number of aromatic nitrogens is 2. The Hall–Kier alpha value is -1.49. The molecule has 0 atom stereocenters. The van der Waals surface area contributed by atoms with E-state index >= 15 is 0 Å². The van der Waals surface area contributed by atoms with Gasteiger partial charge in [0.2, 0.25) is 15.2 Å². The summed E-state index contributed by atoms with van der Waals surface area (Å²) in [5.41, 5.74) is 0.920. The largest absolute Gasteiger partial charge is 0.296 e. The SMILES string of the molecule is CCCSc1nnc(NC(=O)c2ccc(C)c(S(=O)(=O)N3CCCC3)c2)s1. The van der Waals surface area contributed by atoms with Gasteiger partial charge in [0.05, 0.1) is 4.90 Å². The van der Waals surface area contributed by atoms with Gasteiger partial charge in [-0.3, -0.25) is 10.1 Å². The van der Waals surface area contributed by atoms with Crippen LogP contribution in [0.1, 0.15) is 42.1 Å². The van der Waals surface area contributed by atoms with Crippen LogP contribution in [0.15, 0.2) is 27.4 Å². The lowest BCUT2D eigenvalue weighted by atomic mass is 10.1. The first kappa shape index (κ1) is 20.2. The van der Waals surface area contributed by atoms with Crippen LogP contribution in [0.2, 0.25) is 0 Å². The lowest BCUT2D eigenvalue weighted by Gasteiger charge is -2.17. The molecule has 0 unspecified atom stereocenters. The zero-order valence-corrected chi connectivity index (χ0v) is 17.7. The van der Waals surface area contributed by atoms with Gasteiger partial charge in [-0.05, 0) is 43.9 Å². The Bertz CT molecular complexity index is 921. The normalized spacial score (nSPS) is 15.2. The molecule has 10 heteroatoms. The Morgan fingerprint density at radius 1 is 1.30 bits per heavy atom. The predicted octanol–water partition coefficient (Wildman–Crippen LogP) is 3.39.